The molecule has 5 heteroatoms. The van der Waals surface area contributed by atoms with E-state index in [1.807, 2.05) is 25.1 Å². The van der Waals surface area contributed by atoms with Gasteiger partial charge < -0.3 is 10.0 Å². The molecule has 0 radical (unpaired) electrons. The van der Waals surface area contributed by atoms with E-state index in [9.17, 15) is 9.90 Å². The molecule has 0 atom stereocenters. The van der Waals surface area contributed by atoms with Crippen LogP contribution in [0, 0.1) is 6.92 Å². The van der Waals surface area contributed by atoms with Crippen molar-refractivity contribution in [2.45, 2.75) is 32.2 Å². The molecule has 1 aliphatic carbocycles. The molecule has 22 heavy (non-hydrogen) atoms. The van der Waals surface area contributed by atoms with E-state index in [2.05, 4.69) is 17.1 Å². The lowest BCUT2D eigenvalue weighted by molar-refractivity contribution is 0.0711. The van der Waals surface area contributed by atoms with Gasteiger partial charge in [0, 0.05) is 19.0 Å². The number of nitrogens with zero attached hydrogens (tertiary/aromatic N) is 2. The van der Waals surface area contributed by atoms with Gasteiger partial charge in [-0.15, -0.1) is 11.3 Å². The Labute approximate surface area is 134 Å². The van der Waals surface area contributed by atoms with E-state index in [-0.39, 0.29) is 12.5 Å². The number of aliphatic hydroxyl groups excluding tert-OH is 1. The van der Waals surface area contributed by atoms with E-state index in [1.165, 1.54) is 16.9 Å². The van der Waals surface area contributed by atoms with Crippen LogP contribution in [0.1, 0.15) is 38.8 Å². The van der Waals surface area contributed by atoms with Crippen molar-refractivity contribution in [1.82, 2.24) is 9.88 Å². The zero-order chi connectivity index (χ0) is 15.5. The molecule has 0 saturated heterocycles. The maximum Gasteiger partial charge on any atom is 0.266 e. The van der Waals surface area contributed by atoms with Crippen molar-refractivity contribution in [2.75, 3.05) is 13.2 Å². The molecule has 0 aliphatic heterocycles. The Kier molecular flexibility index (Phi) is 4.55. The van der Waals surface area contributed by atoms with Gasteiger partial charge in [0.05, 0.1) is 17.3 Å². The molecule has 4 nitrogen and oxygen atoms in total. The second kappa shape index (κ2) is 6.58. The number of aliphatic hydroxyl groups is 1. The highest BCUT2D eigenvalue weighted by Gasteiger charge is 2.34. The fraction of sp³-hybridized carbons (Fsp3) is 0.412. The number of thiazole rings is 1. The Morgan fingerprint density at radius 2 is 2.09 bits per heavy atom. The Morgan fingerprint density at radius 1 is 1.36 bits per heavy atom. The predicted octanol–water partition coefficient (Wildman–Crippen LogP) is 2.64. The molecule has 116 valence electrons. The molecule has 1 saturated carbocycles. The summed E-state index contributed by atoms with van der Waals surface area (Å²) >= 11 is 1.48. The van der Waals surface area contributed by atoms with Gasteiger partial charge in [-0.3, -0.25) is 4.79 Å². The van der Waals surface area contributed by atoms with E-state index in [0.29, 0.717) is 17.5 Å². The summed E-state index contributed by atoms with van der Waals surface area (Å²) in [5.41, 5.74) is 1.99. The average Bonchev–Trinajstić information content (AvgIpc) is 3.29. The molecule has 0 bridgehead atoms. The molecule has 1 aliphatic rings. The second-order valence-corrected chi connectivity index (χ2v) is 6.72. The van der Waals surface area contributed by atoms with Gasteiger partial charge in [-0.05, 0) is 25.3 Å². The van der Waals surface area contributed by atoms with E-state index < -0.39 is 0 Å². The SMILES string of the molecule is Cc1nc(Cc2ccccc2)sc1C(=O)N(CCO)C1CC1. The smallest absolute Gasteiger partial charge is 0.266 e. The van der Waals surface area contributed by atoms with Crippen LogP contribution in [0.2, 0.25) is 0 Å². The maximum atomic E-state index is 12.7. The predicted molar refractivity (Wildman–Crippen MR) is 87.2 cm³/mol. The van der Waals surface area contributed by atoms with Crippen LogP contribution in [0.3, 0.4) is 0 Å². The van der Waals surface area contributed by atoms with Crippen LogP contribution in [-0.4, -0.2) is 40.1 Å². The summed E-state index contributed by atoms with van der Waals surface area (Å²) < 4.78 is 0. The third-order valence-electron chi connectivity index (χ3n) is 3.82. The summed E-state index contributed by atoms with van der Waals surface area (Å²) in [6, 6.07) is 10.5. The minimum Gasteiger partial charge on any atom is -0.395 e. The quantitative estimate of drug-likeness (QED) is 0.891. The van der Waals surface area contributed by atoms with Gasteiger partial charge in [0.25, 0.3) is 5.91 Å². The van der Waals surface area contributed by atoms with Crippen LogP contribution < -0.4 is 0 Å². The van der Waals surface area contributed by atoms with Crippen molar-refractivity contribution >= 4 is 17.2 Å². The molecule has 1 fully saturated rings. The molecular weight excluding hydrogens is 296 g/mol. The topological polar surface area (TPSA) is 53.4 Å². The summed E-state index contributed by atoms with van der Waals surface area (Å²) in [6.07, 6.45) is 2.84. The van der Waals surface area contributed by atoms with Gasteiger partial charge in [0.2, 0.25) is 0 Å². The summed E-state index contributed by atoms with van der Waals surface area (Å²) in [5.74, 6) is 0.0193. The van der Waals surface area contributed by atoms with Crippen molar-refractivity contribution in [3.05, 3.63) is 51.5 Å². The molecule has 1 N–H and O–H groups in total. The molecule has 1 heterocycles. The highest BCUT2D eigenvalue weighted by atomic mass is 32.1. The zero-order valence-electron chi connectivity index (χ0n) is 12.7. The number of aromatic nitrogens is 1. The second-order valence-electron chi connectivity index (χ2n) is 5.64. The van der Waals surface area contributed by atoms with Crippen molar-refractivity contribution in [1.29, 1.82) is 0 Å². The third kappa shape index (κ3) is 3.36. The summed E-state index contributed by atoms with van der Waals surface area (Å²) in [4.78, 5) is 19.8. The summed E-state index contributed by atoms with van der Waals surface area (Å²) in [5, 5.41) is 10.1. The Morgan fingerprint density at radius 3 is 2.73 bits per heavy atom. The monoisotopic (exact) mass is 316 g/mol. The molecule has 0 unspecified atom stereocenters. The van der Waals surface area contributed by atoms with Crippen LogP contribution in [-0.2, 0) is 6.42 Å². The van der Waals surface area contributed by atoms with Crippen LogP contribution >= 0.6 is 11.3 Å². The number of hydrogen-bond donors (Lipinski definition) is 1. The first-order valence-corrected chi connectivity index (χ1v) is 8.42. The van der Waals surface area contributed by atoms with Crippen molar-refractivity contribution in [2.24, 2.45) is 0 Å². The molecule has 0 spiro atoms. The maximum absolute atomic E-state index is 12.7. The van der Waals surface area contributed by atoms with E-state index in [4.69, 9.17) is 0 Å². The fourth-order valence-corrected chi connectivity index (χ4v) is 3.63. The van der Waals surface area contributed by atoms with Gasteiger partial charge in [-0.2, -0.15) is 0 Å². The lowest BCUT2D eigenvalue weighted by Crippen LogP contribution is -2.35. The molecule has 1 aromatic carbocycles. The number of carbonyl (C=O) groups is 1. The highest BCUT2D eigenvalue weighted by Crippen LogP contribution is 2.30. The number of rotatable bonds is 6. The van der Waals surface area contributed by atoms with Gasteiger partial charge in [-0.1, -0.05) is 30.3 Å². The largest absolute Gasteiger partial charge is 0.395 e. The molecule has 3 rings (SSSR count). The number of amides is 1. The molecule has 1 amide bonds. The van der Waals surface area contributed by atoms with Crippen LogP contribution in [0.4, 0.5) is 0 Å². The first kappa shape index (κ1) is 15.2. The normalized spacial score (nSPS) is 14.1. The number of aryl methyl sites for hydroxylation is 1. The number of hydrogen-bond acceptors (Lipinski definition) is 4. The van der Waals surface area contributed by atoms with Gasteiger partial charge in [0.1, 0.15) is 4.88 Å². The van der Waals surface area contributed by atoms with Crippen LogP contribution in [0.25, 0.3) is 0 Å². The lowest BCUT2D eigenvalue weighted by atomic mass is 10.2. The minimum atomic E-state index is 0.0109. The molecule has 2 aromatic rings. The number of benzene rings is 1. The van der Waals surface area contributed by atoms with Crippen LogP contribution in [0.5, 0.6) is 0 Å². The van der Waals surface area contributed by atoms with Crippen LogP contribution in [0.15, 0.2) is 30.3 Å². The third-order valence-corrected chi connectivity index (χ3v) is 4.97. The lowest BCUT2D eigenvalue weighted by Gasteiger charge is -2.20. The van der Waals surface area contributed by atoms with Crippen molar-refractivity contribution < 1.29 is 9.90 Å². The molecule has 1 aromatic heterocycles. The number of carbonyl (C=O) groups excluding carboxylic acids is 1. The van der Waals surface area contributed by atoms with E-state index >= 15 is 0 Å². The van der Waals surface area contributed by atoms with Gasteiger partial charge in [-0.25, -0.2) is 4.98 Å². The summed E-state index contributed by atoms with van der Waals surface area (Å²) in [7, 11) is 0. The average molecular weight is 316 g/mol. The summed E-state index contributed by atoms with van der Waals surface area (Å²) in [6.45, 7) is 2.31. The van der Waals surface area contributed by atoms with Gasteiger partial charge in [0.15, 0.2) is 0 Å². The van der Waals surface area contributed by atoms with E-state index in [1.54, 1.807) is 4.90 Å². The first-order valence-electron chi connectivity index (χ1n) is 7.61. The van der Waals surface area contributed by atoms with Crippen molar-refractivity contribution in [3.8, 4) is 0 Å². The molecular formula is C17H20N2O2S. The Hall–Kier alpha value is -1.72. The van der Waals surface area contributed by atoms with E-state index in [0.717, 1.165) is 30.0 Å². The standard InChI is InChI=1S/C17H20N2O2S/c1-12-16(17(21)19(9-10-20)14-7-8-14)22-15(18-12)11-13-5-3-2-4-6-13/h2-6,14,20H,7-11H2,1H3. The highest BCUT2D eigenvalue weighted by molar-refractivity contribution is 7.13. The minimum absolute atomic E-state index is 0.0109. The van der Waals surface area contributed by atoms with Gasteiger partial charge >= 0.3 is 0 Å². The van der Waals surface area contributed by atoms with Crippen molar-refractivity contribution in [3.63, 3.8) is 0 Å². The Bertz CT molecular complexity index is 650. The Balaban J connectivity index is 1.78. The zero-order valence-corrected chi connectivity index (χ0v) is 13.5. The first-order chi connectivity index (χ1) is 10.7. The fourth-order valence-electron chi connectivity index (χ4n) is 2.57.